The van der Waals surface area contributed by atoms with E-state index in [1.807, 2.05) is 62.4 Å². The van der Waals surface area contributed by atoms with Crippen LogP contribution >= 0.6 is 34.7 Å². The summed E-state index contributed by atoms with van der Waals surface area (Å²) in [6.45, 7) is 3.88. The topological polar surface area (TPSA) is 67.8 Å². The number of nitrogens with zero attached hydrogens (tertiary/aromatic N) is 2. The van der Waals surface area contributed by atoms with Gasteiger partial charge in [-0.3, -0.25) is 9.36 Å². The third-order valence-electron chi connectivity index (χ3n) is 4.83. The fourth-order valence-corrected chi connectivity index (χ4v) is 5.55. The van der Waals surface area contributed by atoms with Gasteiger partial charge in [0.15, 0.2) is 10.9 Å². The zero-order valence-electron chi connectivity index (χ0n) is 15.8. The summed E-state index contributed by atoms with van der Waals surface area (Å²) in [6.07, 6.45) is 0. The van der Waals surface area contributed by atoms with Crippen molar-refractivity contribution in [1.29, 1.82) is 0 Å². The highest BCUT2D eigenvalue weighted by Crippen LogP contribution is 2.34. The van der Waals surface area contributed by atoms with Crippen LogP contribution in [0.4, 0.5) is 0 Å². The Morgan fingerprint density at radius 3 is 2.79 bits per heavy atom. The summed E-state index contributed by atoms with van der Waals surface area (Å²) in [4.78, 5) is 25.9. The Balaban J connectivity index is 1.57. The van der Waals surface area contributed by atoms with Crippen LogP contribution in [0.15, 0.2) is 58.5 Å². The van der Waals surface area contributed by atoms with Crippen LogP contribution in [0.25, 0.3) is 10.1 Å². The van der Waals surface area contributed by atoms with Crippen molar-refractivity contribution in [3.8, 4) is 0 Å². The highest BCUT2D eigenvalue weighted by atomic mass is 35.5. The highest BCUT2D eigenvalue weighted by Gasteiger charge is 2.20. The molecule has 0 aliphatic heterocycles. The molecule has 4 aromatic rings. The molecule has 8 heteroatoms. The van der Waals surface area contributed by atoms with Crippen molar-refractivity contribution in [1.82, 2.24) is 14.8 Å². The van der Waals surface area contributed by atoms with Gasteiger partial charge in [-0.2, -0.15) is 0 Å². The quantitative estimate of drug-likeness (QED) is 0.323. The number of thiophene rings is 1. The minimum Gasteiger partial charge on any atom is -0.292 e. The number of aromatic nitrogens is 3. The van der Waals surface area contributed by atoms with Gasteiger partial charge in [0.05, 0.1) is 16.7 Å². The second-order valence-corrected chi connectivity index (χ2v) is 9.11. The number of hydrogen-bond acceptors (Lipinski definition) is 5. The van der Waals surface area contributed by atoms with Crippen LogP contribution in [0.1, 0.15) is 33.8 Å². The predicted octanol–water partition coefficient (Wildman–Crippen LogP) is 5.33. The number of carbonyl (C=O) groups is 1. The monoisotopic (exact) mass is 443 g/mol. The van der Waals surface area contributed by atoms with Gasteiger partial charge in [-0.15, -0.1) is 16.4 Å². The van der Waals surface area contributed by atoms with Crippen LogP contribution in [0.2, 0.25) is 5.02 Å². The first-order chi connectivity index (χ1) is 14.0. The average molecular weight is 444 g/mol. The first kappa shape index (κ1) is 19.9. The normalized spacial score (nSPS) is 12.4. The van der Waals surface area contributed by atoms with Gasteiger partial charge < -0.3 is 0 Å². The van der Waals surface area contributed by atoms with Gasteiger partial charge in [-0.05, 0) is 48.6 Å². The van der Waals surface area contributed by atoms with E-state index in [0.29, 0.717) is 10.2 Å². The summed E-state index contributed by atoms with van der Waals surface area (Å²) in [5.74, 6) is 0.215. The molecule has 2 aromatic heterocycles. The molecule has 5 nitrogen and oxygen atoms in total. The van der Waals surface area contributed by atoms with Crippen LogP contribution in [-0.4, -0.2) is 26.3 Å². The number of ketones is 1. The van der Waals surface area contributed by atoms with Crippen molar-refractivity contribution in [2.75, 3.05) is 5.75 Å². The van der Waals surface area contributed by atoms with Crippen molar-refractivity contribution in [3.63, 3.8) is 0 Å². The van der Waals surface area contributed by atoms with E-state index in [1.54, 1.807) is 4.57 Å². The lowest BCUT2D eigenvalue weighted by molar-refractivity contribution is 0.102. The Bertz CT molecular complexity index is 1240. The molecular weight excluding hydrogens is 426 g/mol. The lowest BCUT2D eigenvalue weighted by atomic mass is 10.1. The van der Waals surface area contributed by atoms with E-state index in [0.717, 1.165) is 26.1 Å². The average Bonchev–Trinajstić information content (AvgIpc) is 3.26. The minimum atomic E-state index is -0.288. The van der Waals surface area contributed by atoms with Gasteiger partial charge in [0, 0.05) is 9.72 Å². The maximum Gasteiger partial charge on any atom is 0.344 e. The van der Waals surface area contributed by atoms with Crippen LogP contribution in [0.5, 0.6) is 0 Å². The Morgan fingerprint density at radius 1 is 1.28 bits per heavy atom. The molecule has 2 aromatic carbocycles. The summed E-state index contributed by atoms with van der Waals surface area (Å²) < 4.78 is 2.62. The fraction of sp³-hybridized carbons (Fsp3) is 0.190. The van der Waals surface area contributed by atoms with Gasteiger partial charge in [-0.25, -0.2) is 9.89 Å². The number of benzene rings is 2. The molecule has 0 amide bonds. The summed E-state index contributed by atoms with van der Waals surface area (Å²) in [6, 6.07) is 15.2. The fourth-order valence-electron chi connectivity index (χ4n) is 3.27. The summed E-state index contributed by atoms with van der Waals surface area (Å²) in [5.41, 5.74) is 1.65. The first-order valence-corrected chi connectivity index (χ1v) is 11.2. The number of nitrogens with one attached hydrogen (secondary N) is 1. The van der Waals surface area contributed by atoms with Crippen molar-refractivity contribution < 1.29 is 4.79 Å². The molecule has 0 saturated carbocycles. The molecule has 0 saturated heterocycles. The highest BCUT2D eigenvalue weighted by molar-refractivity contribution is 7.99. The van der Waals surface area contributed by atoms with Crippen molar-refractivity contribution in [2.45, 2.75) is 25.0 Å². The van der Waals surface area contributed by atoms with Gasteiger partial charge in [0.2, 0.25) is 0 Å². The van der Waals surface area contributed by atoms with Crippen LogP contribution in [0, 0.1) is 6.92 Å². The number of fused-ring (bicyclic) bond motifs is 1. The van der Waals surface area contributed by atoms with E-state index in [4.69, 9.17) is 11.6 Å². The largest absolute Gasteiger partial charge is 0.344 e. The lowest BCUT2D eigenvalue weighted by Crippen LogP contribution is -2.22. The molecular formula is C21H18ClN3O2S2. The standard InChI is InChI=1S/C21H18ClN3O2S2/c1-12-16-10-15(22)8-9-18(16)29-19(12)17(26)11-28-21-24-23-20(27)25(21)13(2)14-6-4-3-5-7-14/h3-10,13H,11H2,1-2H3,(H,23,27). The summed E-state index contributed by atoms with van der Waals surface area (Å²) >= 11 is 8.83. The number of carbonyl (C=O) groups excluding carboxylic acids is 1. The van der Waals surface area contributed by atoms with Crippen LogP contribution in [0.3, 0.4) is 0 Å². The predicted molar refractivity (Wildman–Crippen MR) is 120 cm³/mol. The molecule has 148 valence electrons. The maximum atomic E-state index is 12.9. The van der Waals surface area contributed by atoms with E-state index >= 15 is 0 Å². The molecule has 29 heavy (non-hydrogen) atoms. The second-order valence-electron chi connectivity index (χ2n) is 6.68. The number of aromatic amines is 1. The lowest BCUT2D eigenvalue weighted by Gasteiger charge is -2.14. The Morgan fingerprint density at radius 2 is 2.03 bits per heavy atom. The molecule has 0 aliphatic rings. The molecule has 0 fully saturated rings. The van der Waals surface area contributed by atoms with E-state index in [-0.39, 0.29) is 23.3 Å². The van der Waals surface area contributed by atoms with Crippen LogP contribution < -0.4 is 5.69 Å². The van der Waals surface area contributed by atoms with E-state index < -0.39 is 0 Å². The molecule has 0 bridgehead atoms. The van der Waals surface area contributed by atoms with E-state index in [9.17, 15) is 9.59 Å². The van der Waals surface area contributed by atoms with E-state index in [2.05, 4.69) is 10.2 Å². The minimum absolute atomic E-state index is 0.0131. The molecule has 0 aliphatic carbocycles. The summed E-state index contributed by atoms with van der Waals surface area (Å²) in [5, 5.41) is 8.79. The molecule has 1 N–H and O–H groups in total. The van der Waals surface area contributed by atoms with Gasteiger partial charge in [-0.1, -0.05) is 53.7 Å². The number of hydrogen-bond donors (Lipinski definition) is 1. The smallest absolute Gasteiger partial charge is 0.292 e. The Hall–Kier alpha value is -2.35. The zero-order chi connectivity index (χ0) is 20.5. The van der Waals surface area contributed by atoms with Gasteiger partial charge in [0.1, 0.15) is 0 Å². The molecule has 0 radical (unpaired) electrons. The molecule has 0 spiro atoms. The Labute approximate surface area is 180 Å². The molecule has 2 heterocycles. The molecule has 1 atom stereocenters. The van der Waals surface area contributed by atoms with Crippen molar-refractivity contribution >= 4 is 50.6 Å². The van der Waals surface area contributed by atoms with Gasteiger partial charge >= 0.3 is 5.69 Å². The third kappa shape index (κ3) is 3.90. The Kier molecular flexibility index (Phi) is 5.63. The number of halogens is 1. The number of thioether (sulfide) groups is 1. The number of aryl methyl sites for hydroxylation is 1. The molecule has 1 unspecified atom stereocenters. The van der Waals surface area contributed by atoms with E-state index in [1.165, 1.54) is 23.1 Å². The SMILES string of the molecule is Cc1c(C(=O)CSc2n[nH]c(=O)n2C(C)c2ccccc2)sc2ccc(Cl)cc12. The van der Waals surface area contributed by atoms with Crippen LogP contribution in [-0.2, 0) is 0 Å². The number of rotatable bonds is 6. The number of Topliss-reactive ketones (excluding diaryl/α,β-unsaturated/α-hetero) is 1. The zero-order valence-corrected chi connectivity index (χ0v) is 18.2. The molecule has 4 rings (SSSR count). The maximum absolute atomic E-state index is 12.9. The first-order valence-electron chi connectivity index (χ1n) is 9.02. The van der Waals surface area contributed by atoms with Crippen molar-refractivity contribution in [3.05, 3.63) is 80.0 Å². The third-order valence-corrected chi connectivity index (χ3v) is 7.33. The second kappa shape index (κ2) is 8.18. The number of H-pyrrole nitrogens is 1. The van der Waals surface area contributed by atoms with Crippen molar-refractivity contribution in [2.24, 2.45) is 0 Å². The summed E-state index contributed by atoms with van der Waals surface area (Å²) in [7, 11) is 0. The van der Waals surface area contributed by atoms with Gasteiger partial charge in [0.25, 0.3) is 0 Å².